The molecular formula is C14H19BrO2. The summed E-state index contributed by atoms with van der Waals surface area (Å²) >= 11 is 3.45. The summed E-state index contributed by atoms with van der Waals surface area (Å²) in [6.07, 6.45) is 1.55. The van der Waals surface area contributed by atoms with Crippen LogP contribution in [0.25, 0.3) is 0 Å². The van der Waals surface area contributed by atoms with Crippen molar-refractivity contribution in [3.05, 3.63) is 35.4 Å². The Labute approximate surface area is 111 Å². The Bertz CT molecular complexity index is 382. The summed E-state index contributed by atoms with van der Waals surface area (Å²) in [5.41, 5.74) is 1.47. The standard InChI is InChI=1S/C14H19BrO2/c1-10-7-14(16,8-11(2)17-10)13-5-3-4-12(6-13)9-15/h3-6,10-11,16H,7-9H2,1-2H3/t10-,11+,14?. The quantitative estimate of drug-likeness (QED) is 0.849. The zero-order valence-electron chi connectivity index (χ0n) is 10.3. The number of ether oxygens (including phenoxy) is 1. The molecule has 2 nitrogen and oxygen atoms in total. The molecule has 0 spiro atoms. The summed E-state index contributed by atoms with van der Waals surface area (Å²) in [5.74, 6) is 0. The first-order chi connectivity index (χ1) is 8.03. The zero-order chi connectivity index (χ0) is 12.5. The van der Waals surface area contributed by atoms with Gasteiger partial charge in [-0.2, -0.15) is 0 Å². The van der Waals surface area contributed by atoms with Gasteiger partial charge in [0.2, 0.25) is 0 Å². The largest absolute Gasteiger partial charge is 0.385 e. The topological polar surface area (TPSA) is 29.5 Å². The van der Waals surface area contributed by atoms with Gasteiger partial charge in [-0.3, -0.25) is 0 Å². The molecule has 1 heterocycles. The molecule has 2 rings (SSSR count). The zero-order valence-corrected chi connectivity index (χ0v) is 11.9. The lowest BCUT2D eigenvalue weighted by Gasteiger charge is -2.39. The molecule has 0 aliphatic carbocycles. The summed E-state index contributed by atoms with van der Waals surface area (Å²) in [6, 6.07) is 8.17. The molecule has 3 heteroatoms. The fraction of sp³-hybridized carbons (Fsp3) is 0.571. The Kier molecular flexibility index (Phi) is 3.91. The molecular weight excluding hydrogens is 280 g/mol. The normalized spacial score (nSPS) is 33.6. The highest BCUT2D eigenvalue weighted by molar-refractivity contribution is 9.08. The van der Waals surface area contributed by atoms with E-state index in [1.165, 1.54) is 5.56 Å². The van der Waals surface area contributed by atoms with E-state index in [0.29, 0.717) is 12.8 Å². The number of rotatable bonds is 2. The summed E-state index contributed by atoms with van der Waals surface area (Å²) in [7, 11) is 0. The lowest BCUT2D eigenvalue weighted by molar-refractivity contribution is -0.135. The fourth-order valence-electron chi connectivity index (χ4n) is 2.71. The SMILES string of the molecule is C[C@@H]1CC(O)(c2cccc(CBr)c2)C[C@H](C)O1. The Morgan fingerprint density at radius 2 is 2.00 bits per heavy atom. The maximum absolute atomic E-state index is 10.8. The van der Waals surface area contributed by atoms with E-state index in [1.807, 2.05) is 26.0 Å². The average Bonchev–Trinajstić information content (AvgIpc) is 2.27. The van der Waals surface area contributed by atoms with E-state index in [9.17, 15) is 5.11 Å². The molecule has 1 fully saturated rings. The van der Waals surface area contributed by atoms with E-state index in [-0.39, 0.29) is 12.2 Å². The van der Waals surface area contributed by atoms with Gasteiger partial charge in [0.05, 0.1) is 17.8 Å². The third-order valence-electron chi connectivity index (χ3n) is 3.33. The van der Waals surface area contributed by atoms with Gasteiger partial charge < -0.3 is 9.84 Å². The van der Waals surface area contributed by atoms with E-state index in [4.69, 9.17) is 4.74 Å². The van der Waals surface area contributed by atoms with Crippen LogP contribution in [-0.4, -0.2) is 17.3 Å². The maximum Gasteiger partial charge on any atom is 0.0945 e. The van der Waals surface area contributed by atoms with Crippen molar-refractivity contribution in [3.8, 4) is 0 Å². The number of hydrogen-bond acceptors (Lipinski definition) is 2. The van der Waals surface area contributed by atoms with Crippen molar-refractivity contribution in [1.29, 1.82) is 0 Å². The van der Waals surface area contributed by atoms with Crippen LogP contribution in [0.3, 0.4) is 0 Å². The first kappa shape index (κ1) is 13.1. The van der Waals surface area contributed by atoms with Crippen molar-refractivity contribution in [1.82, 2.24) is 0 Å². The average molecular weight is 299 g/mol. The maximum atomic E-state index is 10.8. The molecule has 17 heavy (non-hydrogen) atoms. The fourth-order valence-corrected chi connectivity index (χ4v) is 3.06. The lowest BCUT2D eigenvalue weighted by Crippen LogP contribution is -2.41. The molecule has 3 atom stereocenters. The number of alkyl halides is 1. The minimum atomic E-state index is -0.741. The van der Waals surface area contributed by atoms with Crippen molar-refractivity contribution >= 4 is 15.9 Å². The van der Waals surface area contributed by atoms with Crippen molar-refractivity contribution in [2.75, 3.05) is 0 Å². The van der Waals surface area contributed by atoms with Gasteiger partial charge in [-0.05, 0) is 25.0 Å². The second-order valence-electron chi connectivity index (χ2n) is 5.03. The third kappa shape index (κ3) is 2.90. The van der Waals surface area contributed by atoms with Crippen LogP contribution in [0.4, 0.5) is 0 Å². The molecule has 1 aliphatic rings. The van der Waals surface area contributed by atoms with Crippen LogP contribution in [0.1, 0.15) is 37.8 Å². The first-order valence-electron chi connectivity index (χ1n) is 6.07. The minimum Gasteiger partial charge on any atom is -0.385 e. The molecule has 1 aromatic carbocycles. The van der Waals surface area contributed by atoms with Crippen LogP contribution in [0.15, 0.2) is 24.3 Å². The minimum absolute atomic E-state index is 0.108. The molecule has 1 aromatic rings. The molecule has 1 N–H and O–H groups in total. The Balaban J connectivity index is 2.29. The molecule has 1 saturated heterocycles. The Hall–Kier alpha value is -0.380. The van der Waals surface area contributed by atoms with Gasteiger partial charge >= 0.3 is 0 Å². The van der Waals surface area contributed by atoms with Crippen LogP contribution in [0.2, 0.25) is 0 Å². The monoisotopic (exact) mass is 298 g/mol. The van der Waals surface area contributed by atoms with Crippen LogP contribution < -0.4 is 0 Å². The van der Waals surface area contributed by atoms with Crippen molar-refractivity contribution < 1.29 is 9.84 Å². The van der Waals surface area contributed by atoms with E-state index < -0.39 is 5.60 Å². The van der Waals surface area contributed by atoms with Crippen LogP contribution in [-0.2, 0) is 15.7 Å². The molecule has 94 valence electrons. The summed E-state index contributed by atoms with van der Waals surface area (Å²) < 4.78 is 5.69. The third-order valence-corrected chi connectivity index (χ3v) is 3.98. The molecule has 0 aromatic heterocycles. The van der Waals surface area contributed by atoms with E-state index in [1.54, 1.807) is 0 Å². The van der Waals surface area contributed by atoms with Gasteiger partial charge in [-0.1, -0.05) is 40.2 Å². The molecule has 0 saturated carbocycles. The van der Waals surface area contributed by atoms with E-state index >= 15 is 0 Å². The lowest BCUT2D eigenvalue weighted by atomic mass is 9.81. The Morgan fingerprint density at radius 1 is 1.35 bits per heavy atom. The highest BCUT2D eigenvalue weighted by Crippen LogP contribution is 2.37. The number of aliphatic hydroxyl groups is 1. The Morgan fingerprint density at radius 3 is 2.59 bits per heavy atom. The second kappa shape index (κ2) is 5.09. The number of halogens is 1. The van der Waals surface area contributed by atoms with Crippen LogP contribution in [0.5, 0.6) is 0 Å². The van der Waals surface area contributed by atoms with Crippen molar-refractivity contribution in [2.45, 2.75) is 49.8 Å². The summed E-state index contributed by atoms with van der Waals surface area (Å²) in [5, 5.41) is 11.6. The highest BCUT2D eigenvalue weighted by Gasteiger charge is 2.38. The molecule has 0 radical (unpaired) electrons. The van der Waals surface area contributed by atoms with Gasteiger partial charge in [0.15, 0.2) is 0 Å². The second-order valence-corrected chi connectivity index (χ2v) is 5.59. The van der Waals surface area contributed by atoms with Crippen LogP contribution >= 0.6 is 15.9 Å². The predicted molar refractivity (Wildman–Crippen MR) is 72.2 cm³/mol. The van der Waals surface area contributed by atoms with Crippen molar-refractivity contribution in [3.63, 3.8) is 0 Å². The first-order valence-corrected chi connectivity index (χ1v) is 7.19. The highest BCUT2D eigenvalue weighted by atomic mass is 79.9. The predicted octanol–water partition coefficient (Wildman–Crippen LogP) is 3.36. The van der Waals surface area contributed by atoms with Crippen LogP contribution in [0, 0.1) is 0 Å². The van der Waals surface area contributed by atoms with Gasteiger partial charge in [0, 0.05) is 18.2 Å². The molecule has 1 unspecified atom stereocenters. The van der Waals surface area contributed by atoms with Gasteiger partial charge in [0.1, 0.15) is 0 Å². The van der Waals surface area contributed by atoms with Gasteiger partial charge in [-0.25, -0.2) is 0 Å². The van der Waals surface area contributed by atoms with Gasteiger partial charge in [0.25, 0.3) is 0 Å². The number of hydrogen-bond donors (Lipinski definition) is 1. The van der Waals surface area contributed by atoms with E-state index in [0.717, 1.165) is 10.9 Å². The van der Waals surface area contributed by atoms with Crippen molar-refractivity contribution in [2.24, 2.45) is 0 Å². The van der Waals surface area contributed by atoms with E-state index in [2.05, 4.69) is 28.1 Å². The molecule has 0 bridgehead atoms. The summed E-state index contributed by atoms with van der Waals surface area (Å²) in [4.78, 5) is 0. The smallest absolute Gasteiger partial charge is 0.0945 e. The number of benzene rings is 1. The van der Waals surface area contributed by atoms with Gasteiger partial charge in [-0.15, -0.1) is 0 Å². The molecule has 0 amide bonds. The molecule has 1 aliphatic heterocycles. The summed E-state index contributed by atoms with van der Waals surface area (Å²) in [6.45, 7) is 4.05.